The summed E-state index contributed by atoms with van der Waals surface area (Å²) < 4.78 is 0. The summed E-state index contributed by atoms with van der Waals surface area (Å²) in [5.41, 5.74) is 1.61. The van der Waals surface area contributed by atoms with Crippen LogP contribution in [0.15, 0.2) is 29.4 Å². The first-order valence-electron chi connectivity index (χ1n) is 9.07. The van der Waals surface area contributed by atoms with Crippen molar-refractivity contribution in [1.29, 1.82) is 0 Å². The molecule has 140 valence electrons. The predicted octanol–water partition coefficient (Wildman–Crippen LogP) is 3.33. The Morgan fingerprint density at radius 1 is 1.27 bits per heavy atom. The van der Waals surface area contributed by atoms with Crippen LogP contribution in [0.1, 0.15) is 60.7 Å². The van der Waals surface area contributed by atoms with Gasteiger partial charge in [-0.25, -0.2) is 4.79 Å². The molecule has 1 amide bonds. The molecule has 0 radical (unpaired) electrons. The van der Waals surface area contributed by atoms with Crippen LogP contribution >= 0.6 is 0 Å². The molecule has 1 aromatic rings. The van der Waals surface area contributed by atoms with Gasteiger partial charge >= 0.3 is 5.97 Å². The Bertz CT molecular complexity index is 756. The molecule has 2 aliphatic rings. The van der Waals surface area contributed by atoms with Gasteiger partial charge < -0.3 is 15.3 Å². The Kier molecular flexibility index (Phi) is 4.78. The van der Waals surface area contributed by atoms with Crippen molar-refractivity contribution in [2.24, 2.45) is 21.9 Å². The lowest BCUT2D eigenvalue weighted by atomic mass is 9.70. The standard InChI is InChI=1S/C20H26N2O4/c1-19(2)13-8-9-20(19,3)16(12-13)22-26-11-10-21-17(23)14-6-4-5-7-15(14)18(24)25/h4-7,13H,8-12H2,1-3H3,(H,21,23)(H,24,25)/b22-16+/t13-,20+/m1/s1. The Morgan fingerprint density at radius 3 is 2.54 bits per heavy atom. The normalized spacial score (nSPS) is 27.5. The monoisotopic (exact) mass is 358 g/mol. The summed E-state index contributed by atoms with van der Waals surface area (Å²) in [5.74, 6) is -0.875. The van der Waals surface area contributed by atoms with Gasteiger partial charge in [0.25, 0.3) is 5.91 Å². The third-order valence-corrected chi connectivity index (χ3v) is 6.57. The molecule has 2 fully saturated rings. The second-order valence-electron chi connectivity index (χ2n) is 7.97. The van der Waals surface area contributed by atoms with Gasteiger partial charge in [0.05, 0.1) is 23.4 Å². The highest BCUT2D eigenvalue weighted by Crippen LogP contribution is 2.63. The third kappa shape index (κ3) is 2.97. The Balaban J connectivity index is 1.51. The van der Waals surface area contributed by atoms with E-state index >= 15 is 0 Å². The number of rotatable bonds is 6. The van der Waals surface area contributed by atoms with Crippen molar-refractivity contribution in [1.82, 2.24) is 5.32 Å². The van der Waals surface area contributed by atoms with Crippen molar-refractivity contribution in [3.63, 3.8) is 0 Å². The lowest BCUT2D eigenvalue weighted by Crippen LogP contribution is -2.33. The van der Waals surface area contributed by atoms with Gasteiger partial charge in [-0.05, 0) is 42.7 Å². The van der Waals surface area contributed by atoms with Crippen LogP contribution in [0.5, 0.6) is 0 Å². The highest BCUT2D eigenvalue weighted by atomic mass is 16.6. The zero-order valence-corrected chi connectivity index (χ0v) is 15.5. The van der Waals surface area contributed by atoms with E-state index in [2.05, 4.69) is 31.2 Å². The molecule has 2 N–H and O–H groups in total. The van der Waals surface area contributed by atoms with Gasteiger partial charge in [-0.15, -0.1) is 0 Å². The summed E-state index contributed by atoms with van der Waals surface area (Å²) in [6.07, 6.45) is 3.39. The quantitative estimate of drug-likeness (QED) is 0.603. The fourth-order valence-electron chi connectivity index (χ4n) is 4.36. The largest absolute Gasteiger partial charge is 0.478 e. The number of aromatic carboxylic acids is 1. The highest BCUT2D eigenvalue weighted by Gasteiger charge is 2.60. The Morgan fingerprint density at radius 2 is 1.96 bits per heavy atom. The van der Waals surface area contributed by atoms with E-state index in [1.165, 1.54) is 18.6 Å². The smallest absolute Gasteiger partial charge is 0.336 e. The van der Waals surface area contributed by atoms with Crippen molar-refractivity contribution in [3.05, 3.63) is 35.4 Å². The van der Waals surface area contributed by atoms with Crippen LogP contribution in [0.2, 0.25) is 0 Å². The van der Waals surface area contributed by atoms with E-state index in [-0.39, 0.29) is 35.1 Å². The maximum atomic E-state index is 12.2. The first kappa shape index (κ1) is 18.4. The molecule has 1 aromatic carbocycles. The van der Waals surface area contributed by atoms with Crippen LogP contribution < -0.4 is 5.32 Å². The molecule has 6 nitrogen and oxygen atoms in total. The molecule has 2 aliphatic carbocycles. The molecular weight excluding hydrogens is 332 g/mol. The van der Waals surface area contributed by atoms with Gasteiger partial charge in [-0.3, -0.25) is 4.79 Å². The first-order chi connectivity index (χ1) is 12.3. The second-order valence-corrected chi connectivity index (χ2v) is 7.97. The van der Waals surface area contributed by atoms with Gasteiger partial charge in [0, 0.05) is 5.41 Å². The summed E-state index contributed by atoms with van der Waals surface area (Å²) >= 11 is 0. The predicted molar refractivity (Wildman–Crippen MR) is 98.4 cm³/mol. The number of carbonyl (C=O) groups is 2. The van der Waals surface area contributed by atoms with Crippen LogP contribution in [0, 0.1) is 16.7 Å². The number of nitrogens with zero attached hydrogens (tertiary/aromatic N) is 1. The van der Waals surface area contributed by atoms with E-state index in [9.17, 15) is 9.59 Å². The molecule has 26 heavy (non-hydrogen) atoms. The fourth-order valence-corrected chi connectivity index (χ4v) is 4.36. The van der Waals surface area contributed by atoms with Gasteiger partial charge in [0.15, 0.2) is 0 Å². The van der Waals surface area contributed by atoms with Gasteiger partial charge in [0.1, 0.15) is 6.61 Å². The summed E-state index contributed by atoms with van der Waals surface area (Å²) in [5, 5.41) is 16.2. The average molecular weight is 358 g/mol. The zero-order chi connectivity index (χ0) is 18.9. The molecular formula is C20H26N2O4. The number of amides is 1. The maximum Gasteiger partial charge on any atom is 0.336 e. The fraction of sp³-hybridized carbons (Fsp3) is 0.550. The minimum absolute atomic E-state index is 0.0108. The summed E-state index contributed by atoms with van der Waals surface area (Å²) in [6, 6.07) is 6.15. The molecule has 3 rings (SSSR count). The number of fused-ring (bicyclic) bond motifs is 2. The number of nitrogens with one attached hydrogen (secondary N) is 1. The average Bonchev–Trinajstić information content (AvgIpc) is 2.94. The number of carboxylic acids is 1. The van der Waals surface area contributed by atoms with Crippen molar-refractivity contribution in [2.75, 3.05) is 13.2 Å². The lowest BCUT2D eigenvalue weighted by molar-refractivity contribution is 0.0690. The second kappa shape index (κ2) is 6.74. The van der Waals surface area contributed by atoms with E-state index in [1.54, 1.807) is 12.1 Å². The minimum Gasteiger partial charge on any atom is -0.478 e. The van der Waals surface area contributed by atoms with Crippen LogP contribution in [0.4, 0.5) is 0 Å². The number of benzene rings is 1. The Labute approximate surface area is 153 Å². The highest BCUT2D eigenvalue weighted by molar-refractivity contribution is 6.04. The van der Waals surface area contributed by atoms with Crippen molar-refractivity contribution >= 4 is 17.6 Å². The van der Waals surface area contributed by atoms with Crippen LogP contribution in [0.25, 0.3) is 0 Å². The molecule has 0 aliphatic heterocycles. The number of carboxylic acid groups (broad SMARTS) is 1. The molecule has 0 unspecified atom stereocenters. The SMILES string of the molecule is CC1(C)[C@@H]2CC[C@@]1(C)/C(=N/OCCNC(=O)c1ccccc1C(=O)O)C2. The molecule has 0 spiro atoms. The van der Waals surface area contributed by atoms with Gasteiger partial charge in [-0.1, -0.05) is 38.1 Å². The van der Waals surface area contributed by atoms with E-state index in [1.807, 2.05) is 0 Å². The van der Waals surface area contributed by atoms with E-state index in [0.29, 0.717) is 5.92 Å². The van der Waals surface area contributed by atoms with Crippen molar-refractivity contribution in [2.45, 2.75) is 40.0 Å². The minimum atomic E-state index is -1.12. The van der Waals surface area contributed by atoms with E-state index in [0.717, 1.165) is 18.6 Å². The lowest BCUT2D eigenvalue weighted by Gasteiger charge is -2.34. The number of hydrogen-bond donors (Lipinski definition) is 2. The first-order valence-corrected chi connectivity index (χ1v) is 9.07. The summed E-state index contributed by atoms with van der Waals surface area (Å²) in [7, 11) is 0. The number of oxime groups is 1. The Hall–Kier alpha value is -2.37. The molecule has 2 bridgehead atoms. The number of hydrogen-bond acceptors (Lipinski definition) is 4. The molecule has 2 saturated carbocycles. The zero-order valence-electron chi connectivity index (χ0n) is 15.5. The third-order valence-electron chi connectivity index (χ3n) is 6.57. The topological polar surface area (TPSA) is 88.0 Å². The maximum absolute atomic E-state index is 12.2. The number of carbonyl (C=O) groups excluding carboxylic acids is 1. The molecule has 6 heteroatoms. The summed E-state index contributed by atoms with van der Waals surface area (Å²) in [4.78, 5) is 28.8. The molecule has 0 aromatic heterocycles. The van der Waals surface area contributed by atoms with Crippen molar-refractivity contribution < 1.29 is 19.5 Å². The molecule has 0 heterocycles. The van der Waals surface area contributed by atoms with Crippen LogP contribution in [0.3, 0.4) is 0 Å². The van der Waals surface area contributed by atoms with Crippen LogP contribution in [-0.2, 0) is 4.84 Å². The van der Waals surface area contributed by atoms with Gasteiger partial charge in [0.2, 0.25) is 0 Å². The summed E-state index contributed by atoms with van der Waals surface area (Å²) in [6.45, 7) is 7.42. The van der Waals surface area contributed by atoms with Crippen molar-refractivity contribution in [3.8, 4) is 0 Å². The molecule has 2 atom stereocenters. The van der Waals surface area contributed by atoms with Crippen LogP contribution in [-0.4, -0.2) is 35.8 Å². The molecule has 0 saturated heterocycles. The van der Waals surface area contributed by atoms with E-state index in [4.69, 9.17) is 9.94 Å². The van der Waals surface area contributed by atoms with E-state index < -0.39 is 11.9 Å². The van der Waals surface area contributed by atoms with Gasteiger partial charge in [-0.2, -0.15) is 0 Å².